The summed E-state index contributed by atoms with van der Waals surface area (Å²) in [5, 5.41) is 3.67. The van der Waals surface area contributed by atoms with Crippen LogP contribution in [-0.2, 0) is 0 Å². The number of hydrogen-bond acceptors (Lipinski definition) is 6. The third-order valence-electron chi connectivity index (χ3n) is 7.08. The maximum Gasteiger partial charge on any atom is 0.271 e. The van der Waals surface area contributed by atoms with Crippen molar-refractivity contribution in [3.8, 4) is 5.75 Å². The van der Waals surface area contributed by atoms with Crippen molar-refractivity contribution in [1.82, 2.24) is 14.3 Å². The van der Waals surface area contributed by atoms with E-state index in [0.29, 0.717) is 40.8 Å². The molecule has 2 fully saturated rings. The van der Waals surface area contributed by atoms with Crippen molar-refractivity contribution in [2.24, 2.45) is 5.92 Å². The molecule has 1 saturated heterocycles. The Morgan fingerprint density at radius 3 is 2.68 bits per heavy atom. The lowest BCUT2D eigenvalue weighted by Gasteiger charge is -2.32. The fourth-order valence-corrected chi connectivity index (χ4v) is 5.76. The molecule has 2 N–H and O–H groups in total. The van der Waals surface area contributed by atoms with Crippen LogP contribution in [-0.4, -0.2) is 41.7 Å². The van der Waals surface area contributed by atoms with Gasteiger partial charge in [-0.3, -0.25) is 14.0 Å². The van der Waals surface area contributed by atoms with E-state index in [1.165, 1.54) is 13.2 Å². The number of fused-ring (bicyclic) bond motifs is 2. The number of pyridine rings is 1. The number of benzene rings is 1. The normalized spacial score (nSPS) is 19.6. The van der Waals surface area contributed by atoms with Gasteiger partial charge in [-0.1, -0.05) is 0 Å². The highest BCUT2D eigenvalue weighted by molar-refractivity contribution is 7.12. The van der Waals surface area contributed by atoms with Crippen molar-refractivity contribution >= 4 is 38.3 Å². The molecule has 1 aromatic carbocycles. The van der Waals surface area contributed by atoms with Gasteiger partial charge < -0.3 is 19.5 Å². The van der Waals surface area contributed by atoms with Gasteiger partial charge in [-0.2, -0.15) is 0 Å². The van der Waals surface area contributed by atoms with E-state index in [1.54, 1.807) is 0 Å². The van der Waals surface area contributed by atoms with E-state index in [4.69, 9.17) is 4.74 Å². The van der Waals surface area contributed by atoms with Gasteiger partial charge in [-0.25, -0.2) is 4.39 Å². The number of aromatic nitrogens is 2. The first-order valence-electron chi connectivity index (χ1n) is 10.7. The van der Waals surface area contributed by atoms with Gasteiger partial charge in [0.15, 0.2) is 11.6 Å². The van der Waals surface area contributed by atoms with Gasteiger partial charge in [-0.15, -0.1) is 0 Å². The molecule has 0 amide bonds. The van der Waals surface area contributed by atoms with Crippen molar-refractivity contribution in [2.75, 3.05) is 32.1 Å². The standard InChI is InChI=1S/C22H27FN4O3S/c1-22(2,24-3)11-7-8-26(10-11)17-14(23)9-13-16(19(17)30-4)27(12-5-6-12)21-15(18(13)28)20(29)25-31-21/h9,11-12,24H,5-8,10H2,1-4H3,(H,25,29). The first kappa shape index (κ1) is 20.5. The Kier molecular flexibility index (Phi) is 4.67. The second-order valence-electron chi connectivity index (χ2n) is 9.18. The summed E-state index contributed by atoms with van der Waals surface area (Å²) in [6.07, 6.45) is 2.84. The second kappa shape index (κ2) is 7.06. The summed E-state index contributed by atoms with van der Waals surface area (Å²) in [4.78, 5) is 28.1. The minimum absolute atomic E-state index is 0.0745. The molecular formula is C22H27FN4O3S. The van der Waals surface area contributed by atoms with Crippen molar-refractivity contribution in [2.45, 2.75) is 44.7 Å². The molecule has 0 radical (unpaired) electrons. The lowest BCUT2D eigenvalue weighted by Crippen LogP contribution is -2.45. The highest BCUT2D eigenvalue weighted by Crippen LogP contribution is 2.46. The Morgan fingerprint density at radius 1 is 1.29 bits per heavy atom. The largest absolute Gasteiger partial charge is 0.492 e. The van der Waals surface area contributed by atoms with Gasteiger partial charge in [-0.05, 0) is 63.7 Å². The third-order valence-corrected chi connectivity index (χ3v) is 7.96. The van der Waals surface area contributed by atoms with Crippen molar-refractivity contribution < 1.29 is 9.13 Å². The number of H-pyrrole nitrogens is 1. The summed E-state index contributed by atoms with van der Waals surface area (Å²) >= 11 is 1.16. The lowest BCUT2D eigenvalue weighted by atomic mass is 9.87. The number of hydrogen-bond donors (Lipinski definition) is 2. The number of methoxy groups -OCH3 is 1. The van der Waals surface area contributed by atoms with E-state index in [-0.39, 0.29) is 22.4 Å². The molecule has 7 nitrogen and oxygen atoms in total. The minimum Gasteiger partial charge on any atom is -0.492 e. The van der Waals surface area contributed by atoms with E-state index >= 15 is 4.39 Å². The number of rotatable bonds is 5. The fourth-order valence-electron chi connectivity index (χ4n) is 4.84. The molecule has 1 unspecified atom stereocenters. The SMILES string of the molecule is CNC(C)(C)C1CCN(c2c(F)cc3c(=O)c4c(=O)[nH]sc4n(C4CC4)c3c2OC)C1. The Bertz CT molecular complexity index is 1300. The Labute approximate surface area is 183 Å². The molecule has 1 saturated carbocycles. The number of nitrogens with zero attached hydrogens (tertiary/aromatic N) is 2. The van der Waals surface area contributed by atoms with Crippen LogP contribution in [0.2, 0.25) is 0 Å². The van der Waals surface area contributed by atoms with Gasteiger partial charge in [0.05, 0.1) is 18.0 Å². The highest BCUT2D eigenvalue weighted by Gasteiger charge is 2.38. The zero-order valence-corrected chi connectivity index (χ0v) is 19.0. The van der Waals surface area contributed by atoms with Crippen molar-refractivity contribution in [1.29, 1.82) is 0 Å². The molecular weight excluding hydrogens is 419 g/mol. The summed E-state index contributed by atoms with van der Waals surface area (Å²) in [6.45, 7) is 5.72. The number of ether oxygens (including phenoxy) is 1. The van der Waals surface area contributed by atoms with Crippen LogP contribution >= 0.6 is 11.5 Å². The molecule has 3 heterocycles. The first-order chi connectivity index (χ1) is 14.8. The Hall–Kier alpha value is -2.39. The van der Waals surface area contributed by atoms with Crippen LogP contribution in [0, 0.1) is 11.7 Å². The van der Waals surface area contributed by atoms with Crippen molar-refractivity contribution in [3.63, 3.8) is 0 Å². The smallest absolute Gasteiger partial charge is 0.271 e. The molecule has 9 heteroatoms. The highest BCUT2D eigenvalue weighted by atomic mass is 32.1. The summed E-state index contributed by atoms with van der Waals surface area (Å²) in [6, 6.07) is 1.47. The summed E-state index contributed by atoms with van der Waals surface area (Å²) < 4.78 is 26.0. The Balaban J connectivity index is 1.78. The van der Waals surface area contributed by atoms with Crippen LogP contribution in [0.1, 0.15) is 39.2 Å². The lowest BCUT2D eigenvalue weighted by molar-refractivity contribution is 0.290. The van der Waals surface area contributed by atoms with Gasteiger partial charge in [0, 0.05) is 24.7 Å². The van der Waals surface area contributed by atoms with Crippen LogP contribution in [0.3, 0.4) is 0 Å². The molecule has 5 rings (SSSR count). The predicted molar refractivity (Wildman–Crippen MR) is 122 cm³/mol. The van der Waals surface area contributed by atoms with E-state index in [9.17, 15) is 9.59 Å². The Morgan fingerprint density at radius 2 is 2.03 bits per heavy atom. The van der Waals surface area contributed by atoms with Crippen LogP contribution < -0.4 is 25.9 Å². The molecule has 0 bridgehead atoms. The molecule has 3 aromatic rings. The van der Waals surface area contributed by atoms with E-state index in [2.05, 4.69) is 23.5 Å². The second-order valence-corrected chi connectivity index (χ2v) is 9.98. The first-order valence-corrected chi connectivity index (χ1v) is 11.5. The molecule has 0 spiro atoms. The van der Waals surface area contributed by atoms with Crippen molar-refractivity contribution in [3.05, 3.63) is 32.5 Å². The average Bonchev–Trinajstić information content (AvgIpc) is 3.32. The summed E-state index contributed by atoms with van der Waals surface area (Å²) in [5.74, 6) is 0.239. The van der Waals surface area contributed by atoms with E-state index < -0.39 is 16.8 Å². The predicted octanol–water partition coefficient (Wildman–Crippen LogP) is 3.21. The molecule has 31 heavy (non-hydrogen) atoms. The van der Waals surface area contributed by atoms with Crippen LogP contribution in [0.25, 0.3) is 21.1 Å². The molecule has 1 aliphatic carbocycles. The molecule has 1 aliphatic heterocycles. The fraction of sp³-hybridized carbons (Fsp3) is 0.545. The topological polar surface area (TPSA) is 79.4 Å². The van der Waals surface area contributed by atoms with Gasteiger partial charge in [0.25, 0.3) is 5.56 Å². The van der Waals surface area contributed by atoms with Crippen LogP contribution in [0.15, 0.2) is 15.7 Å². The summed E-state index contributed by atoms with van der Waals surface area (Å²) in [5.41, 5.74) is 0.0608. The number of halogens is 1. The monoisotopic (exact) mass is 446 g/mol. The number of anilines is 1. The molecule has 2 aromatic heterocycles. The maximum atomic E-state index is 15.5. The molecule has 1 atom stereocenters. The van der Waals surface area contributed by atoms with Gasteiger partial charge in [0.2, 0.25) is 5.43 Å². The van der Waals surface area contributed by atoms with Crippen LogP contribution in [0.4, 0.5) is 10.1 Å². The maximum absolute atomic E-state index is 15.5. The zero-order chi connectivity index (χ0) is 22.1. The van der Waals surface area contributed by atoms with E-state index in [1.807, 2.05) is 16.5 Å². The third kappa shape index (κ3) is 3.01. The summed E-state index contributed by atoms with van der Waals surface area (Å²) in [7, 11) is 3.47. The molecule has 166 valence electrons. The van der Waals surface area contributed by atoms with E-state index in [0.717, 1.165) is 30.8 Å². The quantitative estimate of drug-likeness (QED) is 0.629. The number of nitrogens with one attached hydrogen (secondary N) is 2. The van der Waals surface area contributed by atoms with Gasteiger partial charge in [0.1, 0.15) is 15.9 Å². The van der Waals surface area contributed by atoms with Crippen LogP contribution in [0.5, 0.6) is 5.75 Å². The minimum atomic E-state index is -0.488. The number of aromatic amines is 1. The van der Waals surface area contributed by atoms with Gasteiger partial charge >= 0.3 is 0 Å². The average molecular weight is 447 g/mol. The molecule has 2 aliphatic rings. The zero-order valence-electron chi connectivity index (χ0n) is 18.2.